The largest absolute Gasteiger partial charge is 0.493 e. The smallest absolute Gasteiger partial charge is 0.309 e. The van der Waals surface area contributed by atoms with Crippen LogP contribution >= 0.6 is 0 Å². The summed E-state index contributed by atoms with van der Waals surface area (Å²) in [5.41, 5.74) is 2.93. The molecule has 9 heteroatoms. The molecule has 1 fully saturated rings. The van der Waals surface area contributed by atoms with E-state index in [0.29, 0.717) is 46.3 Å². The summed E-state index contributed by atoms with van der Waals surface area (Å²) in [6.07, 6.45) is -0.379. The highest BCUT2D eigenvalue weighted by molar-refractivity contribution is 5.86. The fraction of sp³-hybridized carbons (Fsp3) is 0.417. The molecule has 0 spiro atoms. The highest BCUT2D eigenvalue weighted by Gasteiger charge is 2.47. The van der Waals surface area contributed by atoms with E-state index in [2.05, 4.69) is 0 Å². The zero-order chi connectivity index (χ0) is 23.3. The summed E-state index contributed by atoms with van der Waals surface area (Å²) in [5, 5.41) is 0. The maximum atomic E-state index is 12.8. The van der Waals surface area contributed by atoms with Crippen molar-refractivity contribution in [1.82, 2.24) is 0 Å². The molecule has 0 saturated carbocycles. The Hall–Kier alpha value is -3.62. The van der Waals surface area contributed by atoms with Crippen molar-refractivity contribution in [1.29, 1.82) is 0 Å². The van der Waals surface area contributed by atoms with Crippen LogP contribution in [0.1, 0.15) is 24.2 Å². The number of methoxy groups -OCH3 is 3. The Labute approximate surface area is 190 Å². The second-order valence-corrected chi connectivity index (χ2v) is 8.11. The Morgan fingerprint density at radius 2 is 1.70 bits per heavy atom. The van der Waals surface area contributed by atoms with Crippen molar-refractivity contribution in [3.63, 3.8) is 0 Å². The van der Waals surface area contributed by atoms with Gasteiger partial charge in [-0.25, -0.2) is 0 Å². The number of ether oxygens (including phenoxy) is 7. The molecule has 2 aromatic rings. The van der Waals surface area contributed by atoms with E-state index in [1.807, 2.05) is 12.1 Å². The topological polar surface area (TPSA) is 98.8 Å². The van der Waals surface area contributed by atoms with Crippen molar-refractivity contribution in [3.8, 4) is 39.9 Å². The van der Waals surface area contributed by atoms with Crippen LogP contribution in [0, 0.1) is 11.8 Å². The number of hydrogen-bond donors (Lipinski definition) is 0. The van der Waals surface area contributed by atoms with Gasteiger partial charge in [-0.05, 0) is 35.7 Å². The Morgan fingerprint density at radius 3 is 2.36 bits per heavy atom. The first-order valence-corrected chi connectivity index (χ1v) is 10.6. The van der Waals surface area contributed by atoms with Crippen molar-refractivity contribution in [3.05, 3.63) is 29.3 Å². The molecule has 3 atom stereocenters. The van der Waals surface area contributed by atoms with Crippen LogP contribution in [0.2, 0.25) is 0 Å². The zero-order valence-corrected chi connectivity index (χ0v) is 18.8. The maximum absolute atomic E-state index is 12.8. The predicted octanol–water partition coefficient (Wildman–Crippen LogP) is 3.06. The van der Waals surface area contributed by atoms with E-state index < -0.39 is 18.0 Å². The molecule has 0 bridgehead atoms. The second kappa shape index (κ2) is 8.06. The Morgan fingerprint density at radius 1 is 0.970 bits per heavy atom. The number of hydrogen-bond acceptors (Lipinski definition) is 9. The molecule has 1 aliphatic carbocycles. The van der Waals surface area contributed by atoms with Crippen LogP contribution in [0.3, 0.4) is 0 Å². The van der Waals surface area contributed by atoms with Gasteiger partial charge in [0.15, 0.2) is 23.0 Å². The standard InChI is InChI=1S/C24H24O9/c1-11(25)33-21-14-8-18-17(31-10-32-18)7-13(14)20-12(5-15-16(21)9-30-24(15)26)6-19(27-2)22(28-3)23(20)29-4/h6-8,15-16,21H,5,9-10H2,1-4H3/t15?,16-,21-/m0/s1. The molecule has 174 valence electrons. The van der Waals surface area contributed by atoms with E-state index in [9.17, 15) is 9.59 Å². The van der Waals surface area contributed by atoms with E-state index in [0.717, 1.165) is 11.1 Å². The van der Waals surface area contributed by atoms with Gasteiger partial charge in [-0.3, -0.25) is 9.59 Å². The van der Waals surface area contributed by atoms with Crippen LogP contribution in [0.5, 0.6) is 28.7 Å². The Bertz CT molecular complexity index is 1140. The molecule has 0 N–H and O–H groups in total. The quantitative estimate of drug-likeness (QED) is 0.643. The summed E-state index contributed by atoms with van der Waals surface area (Å²) in [6.45, 7) is 1.58. The van der Waals surface area contributed by atoms with Crippen molar-refractivity contribution in [2.24, 2.45) is 11.8 Å². The molecule has 0 aromatic heterocycles. The highest BCUT2D eigenvalue weighted by Crippen LogP contribution is 2.55. The highest BCUT2D eigenvalue weighted by atomic mass is 16.7. The second-order valence-electron chi connectivity index (χ2n) is 8.11. The molecule has 3 aliphatic rings. The fourth-order valence-electron chi connectivity index (χ4n) is 4.98. The van der Waals surface area contributed by atoms with Crippen LogP contribution in [-0.4, -0.2) is 46.7 Å². The summed E-state index contributed by atoms with van der Waals surface area (Å²) in [4.78, 5) is 24.9. The van der Waals surface area contributed by atoms with Gasteiger partial charge in [-0.1, -0.05) is 0 Å². The number of rotatable bonds is 4. The van der Waals surface area contributed by atoms with Crippen LogP contribution in [0.4, 0.5) is 0 Å². The molecular weight excluding hydrogens is 432 g/mol. The third-order valence-electron chi connectivity index (χ3n) is 6.39. The molecule has 33 heavy (non-hydrogen) atoms. The van der Waals surface area contributed by atoms with Crippen LogP contribution in [0.25, 0.3) is 11.1 Å². The molecule has 2 heterocycles. The summed E-state index contributed by atoms with van der Waals surface area (Å²) >= 11 is 0. The number of carbonyl (C=O) groups excluding carboxylic acids is 2. The lowest BCUT2D eigenvalue weighted by molar-refractivity contribution is -0.150. The van der Waals surface area contributed by atoms with Gasteiger partial charge in [-0.2, -0.15) is 0 Å². The van der Waals surface area contributed by atoms with Crippen molar-refractivity contribution in [2.45, 2.75) is 19.4 Å². The molecule has 9 nitrogen and oxygen atoms in total. The zero-order valence-electron chi connectivity index (χ0n) is 18.8. The molecule has 0 amide bonds. The minimum atomic E-state index is -0.727. The van der Waals surface area contributed by atoms with Crippen LogP contribution in [-0.2, 0) is 25.5 Å². The van der Waals surface area contributed by atoms with Gasteiger partial charge in [-0.15, -0.1) is 0 Å². The first-order chi connectivity index (χ1) is 16.0. The molecule has 2 aromatic carbocycles. The molecular formula is C24H24O9. The number of benzene rings is 2. The fourth-order valence-corrected chi connectivity index (χ4v) is 4.98. The third kappa shape index (κ3) is 3.30. The lowest BCUT2D eigenvalue weighted by Gasteiger charge is -2.32. The summed E-state index contributed by atoms with van der Waals surface area (Å²) in [5.74, 6) is 0.764. The third-order valence-corrected chi connectivity index (χ3v) is 6.39. The predicted molar refractivity (Wildman–Crippen MR) is 114 cm³/mol. The van der Waals surface area contributed by atoms with E-state index in [4.69, 9.17) is 33.2 Å². The minimum absolute atomic E-state index is 0.0834. The number of esters is 2. The summed E-state index contributed by atoms with van der Waals surface area (Å²) < 4.78 is 39.5. The van der Waals surface area contributed by atoms with Crippen molar-refractivity contribution < 1.29 is 42.7 Å². The van der Waals surface area contributed by atoms with Crippen molar-refractivity contribution in [2.75, 3.05) is 34.7 Å². The van der Waals surface area contributed by atoms with E-state index in [1.54, 1.807) is 20.3 Å². The summed E-state index contributed by atoms with van der Waals surface area (Å²) in [7, 11) is 4.61. The van der Waals surface area contributed by atoms with Gasteiger partial charge in [0.05, 0.1) is 33.9 Å². The van der Waals surface area contributed by atoms with Gasteiger partial charge in [0.1, 0.15) is 6.10 Å². The van der Waals surface area contributed by atoms with Gasteiger partial charge < -0.3 is 33.2 Å². The number of fused-ring (bicyclic) bond motifs is 5. The average Bonchev–Trinajstić information content (AvgIpc) is 3.40. The van der Waals surface area contributed by atoms with Gasteiger partial charge in [0, 0.05) is 24.0 Å². The number of cyclic esters (lactones) is 1. The van der Waals surface area contributed by atoms with Gasteiger partial charge >= 0.3 is 11.9 Å². The molecule has 1 saturated heterocycles. The van der Waals surface area contributed by atoms with E-state index >= 15 is 0 Å². The first kappa shape index (κ1) is 21.2. The Balaban J connectivity index is 1.86. The lowest BCUT2D eigenvalue weighted by Crippen LogP contribution is -2.29. The average molecular weight is 456 g/mol. The maximum Gasteiger partial charge on any atom is 0.309 e. The van der Waals surface area contributed by atoms with Crippen LogP contribution in [0.15, 0.2) is 18.2 Å². The molecule has 5 rings (SSSR count). The normalized spacial score (nSPS) is 22.2. The lowest BCUT2D eigenvalue weighted by atomic mass is 9.76. The Kier molecular flexibility index (Phi) is 5.19. The van der Waals surface area contributed by atoms with Gasteiger partial charge in [0.25, 0.3) is 0 Å². The first-order valence-electron chi connectivity index (χ1n) is 10.6. The molecule has 1 unspecified atom stereocenters. The minimum Gasteiger partial charge on any atom is -0.493 e. The van der Waals surface area contributed by atoms with E-state index in [-0.39, 0.29) is 25.3 Å². The SMILES string of the molecule is COc1cc2c(c(OC)c1OC)-c1cc3c(cc1[C@H](OC(C)=O)[C@H]1COC(=O)C1C2)OCO3. The van der Waals surface area contributed by atoms with Crippen LogP contribution < -0.4 is 23.7 Å². The monoisotopic (exact) mass is 456 g/mol. The molecule has 0 radical (unpaired) electrons. The van der Waals surface area contributed by atoms with Gasteiger partial charge in [0.2, 0.25) is 12.5 Å². The number of carbonyl (C=O) groups is 2. The summed E-state index contributed by atoms with van der Waals surface area (Å²) in [6, 6.07) is 5.50. The van der Waals surface area contributed by atoms with Crippen molar-refractivity contribution >= 4 is 11.9 Å². The van der Waals surface area contributed by atoms with E-state index in [1.165, 1.54) is 14.0 Å². The molecule has 2 aliphatic heterocycles.